The van der Waals surface area contributed by atoms with Crippen LogP contribution in [-0.4, -0.2) is 11.8 Å². The molecular weight excluding hydrogens is 302 g/mol. The summed E-state index contributed by atoms with van der Waals surface area (Å²) in [6.07, 6.45) is 0.484. The minimum atomic E-state index is -0.604. The highest BCUT2D eigenvalue weighted by Crippen LogP contribution is 2.21. The third-order valence-corrected chi connectivity index (χ3v) is 3.49. The van der Waals surface area contributed by atoms with Crippen LogP contribution in [-0.2, 0) is 9.59 Å². The lowest BCUT2D eigenvalue weighted by Gasteiger charge is -2.17. The molecule has 0 bridgehead atoms. The molecule has 24 heavy (non-hydrogen) atoms. The topological polar surface area (TPSA) is 84.2 Å². The quantitative estimate of drug-likeness (QED) is 0.730. The van der Waals surface area contributed by atoms with Gasteiger partial charge in [-0.3, -0.25) is 9.59 Å². The van der Waals surface area contributed by atoms with Crippen molar-refractivity contribution in [1.82, 2.24) is 0 Å². The van der Waals surface area contributed by atoms with E-state index in [4.69, 9.17) is 5.73 Å². The number of carbonyl (C=O) groups is 2. The molecule has 0 radical (unpaired) electrons. The Hall–Kier alpha value is -2.82. The molecule has 5 nitrogen and oxygen atoms in total. The van der Waals surface area contributed by atoms with Crippen molar-refractivity contribution in [2.45, 2.75) is 26.3 Å². The van der Waals surface area contributed by atoms with Crippen LogP contribution >= 0.6 is 0 Å². The SMILES string of the molecule is CC(C)CC(=O)Nc1ccc(NC(C(N)=O)c2ccccc2)cc1. The summed E-state index contributed by atoms with van der Waals surface area (Å²) in [6.45, 7) is 4.00. The van der Waals surface area contributed by atoms with Gasteiger partial charge in [-0.25, -0.2) is 0 Å². The molecule has 0 saturated carbocycles. The lowest BCUT2D eigenvalue weighted by molar-refractivity contribution is -0.119. The predicted molar refractivity (Wildman–Crippen MR) is 96.5 cm³/mol. The average molecular weight is 325 g/mol. The Balaban J connectivity index is 2.04. The van der Waals surface area contributed by atoms with Gasteiger partial charge in [-0.1, -0.05) is 44.2 Å². The first-order valence-electron chi connectivity index (χ1n) is 7.96. The van der Waals surface area contributed by atoms with Gasteiger partial charge < -0.3 is 16.4 Å². The van der Waals surface area contributed by atoms with E-state index >= 15 is 0 Å². The molecule has 0 aliphatic heterocycles. The number of anilines is 2. The predicted octanol–water partition coefficient (Wildman–Crippen LogP) is 3.31. The molecule has 1 unspecified atom stereocenters. The molecular formula is C19H23N3O2. The maximum Gasteiger partial charge on any atom is 0.244 e. The fourth-order valence-electron chi connectivity index (χ4n) is 2.36. The molecule has 0 saturated heterocycles. The molecule has 5 heteroatoms. The number of amides is 2. The third-order valence-electron chi connectivity index (χ3n) is 3.49. The third kappa shape index (κ3) is 5.12. The lowest BCUT2D eigenvalue weighted by Crippen LogP contribution is -2.27. The fourth-order valence-corrected chi connectivity index (χ4v) is 2.36. The number of nitrogens with two attached hydrogens (primary N) is 1. The highest BCUT2D eigenvalue weighted by atomic mass is 16.2. The smallest absolute Gasteiger partial charge is 0.244 e. The van der Waals surface area contributed by atoms with Crippen LogP contribution in [0.3, 0.4) is 0 Å². The molecule has 2 aromatic carbocycles. The molecule has 2 amide bonds. The number of primary amides is 1. The van der Waals surface area contributed by atoms with Crippen molar-refractivity contribution >= 4 is 23.2 Å². The Morgan fingerprint density at radius 1 is 0.958 bits per heavy atom. The Morgan fingerprint density at radius 3 is 2.08 bits per heavy atom. The average Bonchev–Trinajstić information content (AvgIpc) is 2.54. The summed E-state index contributed by atoms with van der Waals surface area (Å²) in [7, 11) is 0. The summed E-state index contributed by atoms with van der Waals surface area (Å²) in [4.78, 5) is 23.5. The number of carbonyl (C=O) groups excluding carboxylic acids is 2. The van der Waals surface area contributed by atoms with Crippen LogP contribution in [0, 0.1) is 5.92 Å². The molecule has 0 aliphatic rings. The maximum absolute atomic E-state index is 11.8. The fraction of sp³-hybridized carbons (Fsp3) is 0.263. The van der Waals surface area contributed by atoms with Crippen molar-refractivity contribution in [2.24, 2.45) is 11.7 Å². The van der Waals surface area contributed by atoms with E-state index in [2.05, 4.69) is 10.6 Å². The van der Waals surface area contributed by atoms with Gasteiger partial charge in [0.2, 0.25) is 11.8 Å². The van der Waals surface area contributed by atoms with Crippen molar-refractivity contribution in [3.63, 3.8) is 0 Å². The van der Waals surface area contributed by atoms with Gasteiger partial charge in [-0.15, -0.1) is 0 Å². The summed E-state index contributed by atoms with van der Waals surface area (Å²) in [6, 6.07) is 15.9. The monoisotopic (exact) mass is 325 g/mol. The van der Waals surface area contributed by atoms with Crippen molar-refractivity contribution in [3.8, 4) is 0 Å². The summed E-state index contributed by atoms with van der Waals surface area (Å²) in [5.41, 5.74) is 7.78. The second kappa shape index (κ2) is 8.15. The number of benzene rings is 2. The minimum Gasteiger partial charge on any atom is -0.370 e. The van der Waals surface area contributed by atoms with Gasteiger partial charge in [0.05, 0.1) is 0 Å². The van der Waals surface area contributed by atoms with Crippen LogP contribution in [0.2, 0.25) is 0 Å². The van der Waals surface area contributed by atoms with Gasteiger partial charge >= 0.3 is 0 Å². The van der Waals surface area contributed by atoms with Crippen molar-refractivity contribution in [1.29, 1.82) is 0 Å². The van der Waals surface area contributed by atoms with E-state index in [0.29, 0.717) is 12.3 Å². The van der Waals surface area contributed by atoms with Crippen molar-refractivity contribution in [3.05, 3.63) is 60.2 Å². The van der Waals surface area contributed by atoms with Crippen molar-refractivity contribution < 1.29 is 9.59 Å². The van der Waals surface area contributed by atoms with Gasteiger partial charge in [-0.05, 0) is 35.7 Å². The summed E-state index contributed by atoms with van der Waals surface area (Å²) in [5.74, 6) is -0.145. The van der Waals surface area contributed by atoms with Crippen LogP contribution in [0.25, 0.3) is 0 Å². The summed E-state index contributed by atoms with van der Waals surface area (Å²) in [5, 5.41) is 5.97. The van der Waals surface area contributed by atoms with Crippen LogP contribution in [0.4, 0.5) is 11.4 Å². The second-order valence-electron chi connectivity index (χ2n) is 6.11. The summed E-state index contributed by atoms with van der Waals surface area (Å²) >= 11 is 0. The first kappa shape index (κ1) is 17.5. The highest BCUT2D eigenvalue weighted by Gasteiger charge is 2.17. The number of hydrogen-bond acceptors (Lipinski definition) is 3. The largest absolute Gasteiger partial charge is 0.370 e. The highest BCUT2D eigenvalue weighted by molar-refractivity contribution is 5.91. The lowest BCUT2D eigenvalue weighted by atomic mass is 10.1. The second-order valence-corrected chi connectivity index (χ2v) is 6.11. The number of nitrogens with one attached hydrogen (secondary N) is 2. The Bertz CT molecular complexity index is 682. The van der Waals surface area contributed by atoms with E-state index in [1.165, 1.54) is 0 Å². The van der Waals surface area contributed by atoms with Crippen molar-refractivity contribution in [2.75, 3.05) is 10.6 Å². The molecule has 0 heterocycles. The molecule has 1 atom stereocenters. The molecule has 2 aromatic rings. The minimum absolute atomic E-state index is 0.00925. The Morgan fingerprint density at radius 2 is 1.54 bits per heavy atom. The molecule has 0 aliphatic carbocycles. The molecule has 0 spiro atoms. The zero-order valence-corrected chi connectivity index (χ0v) is 14.0. The number of rotatable bonds is 7. The van der Waals surface area contributed by atoms with Crippen LogP contribution < -0.4 is 16.4 Å². The first-order valence-corrected chi connectivity index (χ1v) is 7.96. The van der Waals surface area contributed by atoms with Gasteiger partial charge in [0, 0.05) is 17.8 Å². The summed E-state index contributed by atoms with van der Waals surface area (Å²) < 4.78 is 0. The van der Waals surface area contributed by atoms with Gasteiger partial charge in [0.15, 0.2) is 0 Å². The van der Waals surface area contributed by atoms with Gasteiger partial charge in [0.1, 0.15) is 6.04 Å². The van der Waals surface area contributed by atoms with E-state index in [1.54, 1.807) is 12.1 Å². The van der Waals surface area contributed by atoms with E-state index < -0.39 is 11.9 Å². The van der Waals surface area contributed by atoms with Crippen LogP contribution in [0.15, 0.2) is 54.6 Å². The Labute approximate surface area is 142 Å². The Kier molecular flexibility index (Phi) is 5.95. The molecule has 0 aromatic heterocycles. The van der Waals surface area contributed by atoms with E-state index in [0.717, 1.165) is 16.9 Å². The van der Waals surface area contributed by atoms with Gasteiger partial charge in [0.25, 0.3) is 0 Å². The number of hydrogen-bond donors (Lipinski definition) is 3. The maximum atomic E-state index is 11.8. The van der Waals surface area contributed by atoms with Gasteiger partial charge in [-0.2, -0.15) is 0 Å². The standard InChI is InChI=1S/C19H23N3O2/c1-13(2)12-17(23)21-15-8-10-16(11-9-15)22-18(19(20)24)14-6-4-3-5-7-14/h3-11,13,18,22H,12H2,1-2H3,(H2,20,24)(H,21,23). The van der Waals surface area contributed by atoms with Crippen LogP contribution in [0.5, 0.6) is 0 Å². The zero-order valence-electron chi connectivity index (χ0n) is 14.0. The molecule has 126 valence electrons. The normalized spacial score (nSPS) is 11.8. The van der Waals surface area contributed by atoms with E-state index in [1.807, 2.05) is 56.3 Å². The first-order chi connectivity index (χ1) is 11.5. The molecule has 0 fully saturated rings. The zero-order chi connectivity index (χ0) is 17.5. The van der Waals surface area contributed by atoms with E-state index in [9.17, 15) is 9.59 Å². The van der Waals surface area contributed by atoms with Crippen LogP contribution in [0.1, 0.15) is 31.9 Å². The molecule has 2 rings (SSSR count). The van der Waals surface area contributed by atoms with E-state index in [-0.39, 0.29) is 5.91 Å². The molecule has 4 N–H and O–H groups in total.